The molecule has 1 atom stereocenters. The highest BCUT2D eigenvalue weighted by molar-refractivity contribution is 5.99. The van der Waals surface area contributed by atoms with Gasteiger partial charge in [-0.1, -0.05) is 11.6 Å². The first kappa shape index (κ1) is 31.7. The molecule has 1 heterocycles. The van der Waals surface area contributed by atoms with Crippen molar-refractivity contribution in [3.05, 3.63) is 11.6 Å². The Hall–Kier alpha value is -3.31. The topological polar surface area (TPSA) is 145 Å². The second-order valence-electron chi connectivity index (χ2n) is 11.4. The van der Waals surface area contributed by atoms with Gasteiger partial charge in [0.05, 0.1) is 6.61 Å². The maximum absolute atomic E-state index is 12.5. The third kappa shape index (κ3) is 13.5. The zero-order valence-electron chi connectivity index (χ0n) is 23.6. The molecule has 0 radical (unpaired) electrons. The Labute approximate surface area is 219 Å². The van der Waals surface area contributed by atoms with Crippen LogP contribution in [0, 0.1) is 0 Å². The molecule has 3 amide bonds. The number of amides is 3. The van der Waals surface area contributed by atoms with E-state index < -0.39 is 47.1 Å². The second-order valence-corrected chi connectivity index (χ2v) is 11.4. The van der Waals surface area contributed by atoms with Crippen molar-refractivity contribution in [1.29, 1.82) is 0 Å². The zero-order chi connectivity index (χ0) is 28.6. The molecule has 0 aromatic heterocycles. The van der Waals surface area contributed by atoms with Crippen molar-refractivity contribution in [2.75, 3.05) is 19.7 Å². The maximum atomic E-state index is 12.5. The van der Waals surface area contributed by atoms with E-state index in [2.05, 4.69) is 15.6 Å². The summed E-state index contributed by atoms with van der Waals surface area (Å²) in [5.41, 5.74) is -1.55. The van der Waals surface area contributed by atoms with Gasteiger partial charge in [0.25, 0.3) is 0 Å². The molecule has 0 saturated carbocycles. The normalized spacial score (nSPS) is 15.4. The Morgan fingerprint density at radius 2 is 1.46 bits per heavy atom. The third-order valence-electron chi connectivity index (χ3n) is 4.23. The minimum Gasteiger partial charge on any atom is -0.464 e. The van der Waals surface area contributed by atoms with Gasteiger partial charge >= 0.3 is 24.2 Å². The van der Waals surface area contributed by atoms with Crippen molar-refractivity contribution in [1.82, 2.24) is 15.5 Å². The Bertz CT molecular complexity index is 907. The summed E-state index contributed by atoms with van der Waals surface area (Å²) in [5.74, 6) is -0.676. The van der Waals surface area contributed by atoms with Crippen LogP contribution in [0.5, 0.6) is 0 Å². The van der Waals surface area contributed by atoms with Crippen LogP contribution < -0.4 is 10.6 Å². The van der Waals surface area contributed by atoms with Crippen molar-refractivity contribution < 1.29 is 38.1 Å². The van der Waals surface area contributed by atoms with Crippen molar-refractivity contribution in [2.45, 2.75) is 98.5 Å². The van der Waals surface area contributed by atoms with Gasteiger partial charge < -0.3 is 29.2 Å². The minimum absolute atomic E-state index is 0.0671. The molecule has 0 aliphatic carbocycles. The first-order valence-electron chi connectivity index (χ1n) is 12.2. The van der Waals surface area contributed by atoms with Crippen molar-refractivity contribution in [3.63, 3.8) is 0 Å². The van der Waals surface area contributed by atoms with Gasteiger partial charge in [-0.3, -0.25) is 5.32 Å². The number of ether oxygens (including phenoxy) is 4. The summed E-state index contributed by atoms with van der Waals surface area (Å²) in [5, 5.41) is 5.06. The Morgan fingerprint density at radius 3 is 1.97 bits per heavy atom. The van der Waals surface area contributed by atoms with Gasteiger partial charge in [-0.2, -0.15) is 0 Å². The van der Waals surface area contributed by atoms with E-state index >= 15 is 0 Å². The molecule has 0 saturated heterocycles. The van der Waals surface area contributed by atoms with Crippen LogP contribution in [0.15, 0.2) is 16.6 Å². The zero-order valence-corrected chi connectivity index (χ0v) is 23.6. The molecule has 2 N–H and O–H groups in total. The number of alkyl carbamates (subject to hydrolysis) is 2. The number of guanidine groups is 1. The Morgan fingerprint density at radius 1 is 0.919 bits per heavy atom. The molecule has 37 heavy (non-hydrogen) atoms. The standard InChI is InChI=1S/C25H42N4O8/c1-11-34-18(30)17(26-20(31)35-23(2,3)4)14-16-12-13-29(15-16)19(27-21(32)36-24(5,6)7)28-22(33)37-25(8,9)10/h12,17H,11,13-15H2,1-10H3,(H,26,31)(H,27,28,32,33). The average molecular weight is 527 g/mol. The lowest BCUT2D eigenvalue weighted by Crippen LogP contribution is -2.46. The van der Waals surface area contributed by atoms with Crippen LogP contribution in [-0.2, 0) is 23.7 Å². The number of nitrogens with one attached hydrogen (secondary N) is 2. The fraction of sp³-hybridized carbons (Fsp3) is 0.720. The van der Waals surface area contributed by atoms with Crippen molar-refractivity contribution in [2.24, 2.45) is 4.99 Å². The molecule has 0 spiro atoms. The lowest BCUT2D eigenvalue weighted by atomic mass is 10.1. The summed E-state index contributed by atoms with van der Waals surface area (Å²) >= 11 is 0. The van der Waals surface area contributed by atoms with Gasteiger partial charge in [0.2, 0.25) is 5.96 Å². The van der Waals surface area contributed by atoms with Gasteiger partial charge in [0.1, 0.15) is 22.8 Å². The van der Waals surface area contributed by atoms with Crippen LogP contribution in [0.25, 0.3) is 0 Å². The molecule has 12 heteroatoms. The van der Waals surface area contributed by atoms with Gasteiger partial charge in [0.15, 0.2) is 0 Å². The first-order chi connectivity index (χ1) is 16.8. The summed E-state index contributed by atoms with van der Waals surface area (Å²) in [6.45, 7) is 17.7. The summed E-state index contributed by atoms with van der Waals surface area (Å²) in [7, 11) is 0. The van der Waals surface area contributed by atoms with E-state index in [4.69, 9.17) is 18.9 Å². The second kappa shape index (κ2) is 12.8. The van der Waals surface area contributed by atoms with Crippen molar-refractivity contribution in [3.8, 4) is 0 Å². The fourth-order valence-corrected chi connectivity index (χ4v) is 3.01. The molecule has 0 aromatic rings. The van der Waals surface area contributed by atoms with E-state index in [1.807, 2.05) is 6.08 Å². The molecule has 12 nitrogen and oxygen atoms in total. The molecule has 0 aromatic carbocycles. The molecule has 0 fully saturated rings. The molecular formula is C25H42N4O8. The number of hydrogen-bond acceptors (Lipinski definition) is 8. The number of carbonyl (C=O) groups excluding carboxylic acids is 4. The SMILES string of the molecule is CCOC(=O)C(CC1=CCN(C(=NC(=O)OC(C)(C)C)NC(=O)OC(C)(C)C)C1)NC(=O)OC(C)(C)C. The van der Waals surface area contributed by atoms with E-state index in [0.717, 1.165) is 5.57 Å². The van der Waals surface area contributed by atoms with E-state index in [0.29, 0.717) is 0 Å². The van der Waals surface area contributed by atoms with Crippen LogP contribution in [0.1, 0.15) is 75.7 Å². The lowest BCUT2D eigenvalue weighted by molar-refractivity contribution is -0.145. The quantitative estimate of drug-likeness (QED) is 0.179. The lowest BCUT2D eigenvalue weighted by Gasteiger charge is -2.25. The Balaban J connectivity index is 3.04. The van der Waals surface area contributed by atoms with Crippen LogP contribution in [0.2, 0.25) is 0 Å². The molecule has 0 bridgehead atoms. The average Bonchev–Trinajstić information content (AvgIpc) is 3.11. The molecule has 1 rings (SSSR count). The summed E-state index contributed by atoms with van der Waals surface area (Å²) in [4.78, 5) is 55.1. The summed E-state index contributed by atoms with van der Waals surface area (Å²) in [6.07, 6.45) is -0.493. The smallest absolute Gasteiger partial charge is 0.437 e. The highest BCUT2D eigenvalue weighted by Crippen LogP contribution is 2.18. The minimum atomic E-state index is -0.994. The highest BCUT2D eigenvalue weighted by Gasteiger charge is 2.30. The van der Waals surface area contributed by atoms with Crippen LogP contribution in [0.4, 0.5) is 14.4 Å². The number of nitrogens with zero attached hydrogens (tertiary/aromatic N) is 2. The monoisotopic (exact) mass is 526 g/mol. The van der Waals surface area contributed by atoms with Gasteiger partial charge in [-0.15, -0.1) is 4.99 Å². The number of esters is 1. The van der Waals surface area contributed by atoms with E-state index in [1.165, 1.54) is 0 Å². The van der Waals surface area contributed by atoms with Gasteiger partial charge in [0, 0.05) is 19.5 Å². The van der Waals surface area contributed by atoms with E-state index in [9.17, 15) is 19.2 Å². The largest absolute Gasteiger partial charge is 0.464 e. The number of aliphatic imine (C=N–C) groups is 1. The molecule has 1 unspecified atom stereocenters. The number of carbonyl (C=O) groups is 4. The van der Waals surface area contributed by atoms with Crippen LogP contribution >= 0.6 is 0 Å². The van der Waals surface area contributed by atoms with Crippen LogP contribution in [-0.4, -0.2) is 77.6 Å². The fourth-order valence-electron chi connectivity index (χ4n) is 3.01. The number of rotatable bonds is 5. The van der Waals surface area contributed by atoms with Gasteiger partial charge in [-0.05, 0) is 69.2 Å². The molecule has 1 aliphatic heterocycles. The molecular weight excluding hydrogens is 484 g/mol. The predicted octanol–water partition coefficient (Wildman–Crippen LogP) is 3.89. The van der Waals surface area contributed by atoms with Crippen LogP contribution in [0.3, 0.4) is 0 Å². The van der Waals surface area contributed by atoms with Gasteiger partial charge in [-0.25, -0.2) is 19.2 Å². The first-order valence-corrected chi connectivity index (χ1v) is 12.2. The molecule has 210 valence electrons. The highest BCUT2D eigenvalue weighted by atomic mass is 16.6. The summed E-state index contributed by atoms with van der Waals surface area (Å²) in [6, 6.07) is -0.994. The van der Waals surface area contributed by atoms with E-state index in [-0.39, 0.29) is 32.1 Å². The molecule has 1 aliphatic rings. The van der Waals surface area contributed by atoms with E-state index in [1.54, 1.807) is 74.1 Å². The predicted molar refractivity (Wildman–Crippen MR) is 137 cm³/mol. The third-order valence-corrected chi connectivity index (χ3v) is 4.23. The van der Waals surface area contributed by atoms with Crippen molar-refractivity contribution >= 4 is 30.2 Å². The number of hydrogen-bond donors (Lipinski definition) is 2. The Kier molecular flexibility index (Phi) is 11.0. The summed E-state index contributed by atoms with van der Waals surface area (Å²) < 4.78 is 20.9. The maximum Gasteiger partial charge on any atom is 0.437 e.